The number of nitrogens with two attached hydrogens (primary N) is 2. The molecule has 4 aromatic rings. The van der Waals surface area contributed by atoms with Crippen LogP contribution in [0, 0.1) is 0 Å². The van der Waals surface area contributed by atoms with Crippen LogP contribution < -0.4 is 48.7 Å². The Morgan fingerprint density at radius 1 is 0.721 bits per heavy atom. The van der Waals surface area contributed by atoms with Gasteiger partial charge in [-0.15, -0.1) is 0 Å². The van der Waals surface area contributed by atoms with Gasteiger partial charge in [-0.25, -0.2) is 14.4 Å². The number of aromatic amines is 1. The predicted molar refractivity (Wildman–Crippen MR) is 308 cm³/mol. The minimum Gasteiger partial charge on any atom is -0.475 e. The molecule has 0 saturated carbocycles. The second kappa shape index (κ2) is 35.6. The van der Waals surface area contributed by atoms with Crippen molar-refractivity contribution in [2.24, 2.45) is 11.5 Å². The van der Waals surface area contributed by atoms with Crippen LogP contribution in [0.2, 0.25) is 0 Å². The predicted octanol–water partition coefficient (Wildman–Crippen LogP) is -1.09. The summed E-state index contributed by atoms with van der Waals surface area (Å²) in [6, 6.07) is 13.6. The number of aliphatic carboxylic acids is 1. The zero-order chi connectivity index (χ0) is 63.5. The molecule has 0 bridgehead atoms. The number of rotatable bonds is 21. The molecule has 2 heterocycles. The Labute approximate surface area is 499 Å². The van der Waals surface area contributed by atoms with E-state index < -0.39 is 146 Å². The number of carboxylic acid groups (broad SMARTS) is 1. The van der Waals surface area contributed by atoms with Gasteiger partial charge in [-0.1, -0.05) is 100 Å². The zero-order valence-corrected chi connectivity index (χ0v) is 48.3. The topological polar surface area (TPSA) is 422 Å². The van der Waals surface area contributed by atoms with E-state index in [-0.39, 0.29) is 43.7 Å². The van der Waals surface area contributed by atoms with Crippen molar-refractivity contribution in [3.05, 3.63) is 108 Å². The lowest BCUT2D eigenvalue weighted by molar-refractivity contribution is -0.192. The number of aromatic nitrogens is 1. The number of para-hydroxylation sites is 1. The van der Waals surface area contributed by atoms with Crippen molar-refractivity contribution in [3.63, 3.8) is 0 Å². The standard InChI is InChI=1S/C53H70N10O14S2.C2HF3O2/c1-30(65)41(26-76-45(68)27-77-44(67)25-64)60-52(74)43-29-79-78-28-42(61-47(69)36(55)21-32-13-5-3-6-14-32)51(73)58-39(22-33-15-7-4-8-16-33)49(71)59-40(23-34-24-56-37-18-10-9-17-35(34)37)50(72)57-38(19-11-12-20-54)48(70)63-46(31(2)66)53(75)62-43;3-2(4,5)1(6)7/h3-10,13-18,24,30-31,36,38-43,46,56,64-66H,11-12,19-23,25-29,54-55H2,1-2H3,(H,57,72)(H,58,73)(H,59,71)(H,60,74)(H,61,69)(H,62,75)(H,63,70);(H,6,7)/t30-,31-,36?,38?,39?,40?,41?,42?,43?,46?;/m1./s1. The first-order chi connectivity index (χ1) is 40.8. The molecular weight excluding hydrogens is 1180 g/mol. The molecule has 10 atom stereocenters. The molecule has 3 aromatic carbocycles. The van der Waals surface area contributed by atoms with Crippen molar-refractivity contribution < 1.29 is 91.0 Å². The summed E-state index contributed by atoms with van der Waals surface area (Å²) in [5.74, 6) is -11.6. The Kier molecular flexibility index (Phi) is 29.3. The number of carboxylic acids is 1. The van der Waals surface area contributed by atoms with Crippen LogP contribution in [0.15, 0.2) is 91.1 Å². The number of H-pyrrole nitrogens is 1. The number of amides is 7. The van der Waals surface area contributed by atoms with E-state index in [1.54, 1.807) is 72.9 Å². The summed E-state index contributed by atoms with van der Waals surface area (Å²) >= 11 is 0. The first kappa shape index (κ1) is 70.7. The number of alkyl halides is 3. The maximum absolute atomic E-state index is 14.8. The van der Waals surface area contributed by atoms with Crippen LogP contribution in [0.4, 0.5) is 13.2 Å². The van der Waals surface area contributed by atoms with Crippen LogP contribution in [-0.4, -0.2) is 189 Å². The first-order valence-electron chi connectivity index (χ1n) is 26.9. The summed E-state index contributed by atoms with van der Waals surface area (Å²) in [5, 5.41) is 57.0. The summed E-state index contributed by atoms with van der Waals surface area (Å²) in [7, 11) is 1.93. The number of esters is 2. The lowest BCUT2D eigenvalue weighted by Crippen LogP contribution is -2.62. The Morgan fingerprint density at radius 3 is 1.90 bits per heavy atom. The van der Waals surface area contributed by atoms with E-state index in [1.165, 1.54) is 13.8 Å². The number of aliphatic hydroxyl groups is 3. The molecule has 86 heavy (non-hydrogen) atoms. The zero-order valence-electron chi connectivity index (χ0n) is 46.7. The molecule has 26 nitrogen and oxygen atoms in total. The molecule has 1 aromatic heterocycles. The van der Waals surface area contributed by atoms with E-state index in [2.05, 4.69) is 46.9 Å². The van der Waals surface area contributed by atoms with Crippen LogP contribution in [0.25, 0.3) is 10.9 Å². The van der Waals surface area contributed by atoms with Gasteiger partial charge in [-0.05, 0) is 68.8 Å². The van der Waals surface area contributed by atoms with Crippen molar-refractivity contribution in [1.82, 2.24) is 42.2 Å². The molecule has 7 amide bonds. The Hall–Kier alpha value is -7.81. The fourth-order valence-corrected chi connectivity index (χ4v) is 10.4. The Morgan fingerprint density at radius 2 is 1.29 bits per heavy atom. The minimum absolute atomic E-state index is 0.0143. The van der Waals surface area contributed by atoms with Gasteiger partial charge in [0.2, 0.25) is 41.4 Å². The van der Waals surface area contributed by atoms with Gasteiger partial charge >= 0.3 is 24.1 Å². The maximum atomic E-state index is 14.8. The lowest BCUT2D eigenvalue weighted by Gasteiger charge is -2.29. The van der Waals surface area contributed by atoms with E-state index in [1.807, 2.05) is 18.2 Å². The molecule has 16 N–H and O–H groups in total. The van der Waals surface area contributed by atoms with Crippen LogP contribution in [0.3, 0.4) is 0 Å². The van der Waals surface area contributed by atoms with Crippen molar-refractivity contribution in [3.8, 4) is 0 Å². The van der Waals surface area contributed by atoms with Crippen molar-refractivity contribution in [2.75, 3.05) is 37.9 Å². The number of unbranched alkanes of at least 4 members (excludes halogenated alkanes) is 1. The van der Waals surface area contributed by atoms with Crippen LogP contribution >= 0.6 is 21.6 Å². The highest BCUT2D eigenvalue weighted by molar-refractivity contribution is 8.76. The fourth-order valence-electron chi connectivity index (χ4n) is 8.12. The number of carbonyl (C=O) groups is 10. The fraction of sp³-hybridized carbons (Fsp3) is 0.455. The smallest absolute Gasteiger partial charge is 0.475 e. The summed E-state index contributed by atoms with van der Waals surface area (Å²) in [4.78, 5) is 136. The molecule has 5 rings (SSSR count). The van der Waals surface area contributed by atoms with Crippen molar-refractivity contribution >= 4 is 91.7 Å². The van der Waals surface area contributed by atoms with E-state index in [9.17, 15) is 66.5 Å². The Balaban J connectivity index is 0.00000212. The third-order valence-electron chi connectivity index (χ3n) is 12.8. The highest BCUT2D eigenvalue weighted by atomic mass is 33.1. The van der Waals surface area contributed by atoms with Gasteiger partial charge < -0.3 is 83.6 Å². The second-order valence-electron chi connectivity index (χ2n) is 19.6. The number of hydrogen-bond donors (Lipinski definition) is 14. The summed E-state index contributed by atoms with van der Waals surface area (Å²) in [5.41, 5.74) is 14.9. The lowest BCUT2D eigenvalue weighted by atomic mass is 10.0. The van der Waals surface area contributed by atoms with Crippen molar-refractivity contribution in [2.45, 2.75) is 119 Å². The molecule has 470 valence electrons. The molecule has 0 aliphatic carbocycles. The third kappa shape index (κ3) is 23.9. The van der Waals surface area contributed by atoms with E-state index >= 15 is 0 Å². The van der Waals surface area contributed by atoms with Crippen molar-refractivity contribution in [1.29, 1.82) is 0 Å². The normalized spacial score (nSPS) is 20.7. The SMILES string of the molecule is C[C@@H](O)C(COC(=O)COC(=O)CO)NC(=O)C1CSSCC(NC(=O)C(N)Cc2ccccc2)C(=O)NC(Cc2ccccc2)C(=O)NC(Cc2c[nH]c3ccccc23)C(=O)NC(CCCCN)C(=O)NC([C@@H](C)O)C(=O)N1.O=C(O)C(F)(F)F. The number of hydrogen-bond acceptors (Lipinski definition) is 19. The van der Waals surface area contributed by atoms with Crippen LogP contribution in [0.5, 0.6) is 0 Å². The third-order valence-corrected chi connectivity index (χ3v) is 15.2. The number of ether oxygens (including phenoxy) is 2. The van der Waals surface area contributed by atoms with Crippen LogP contribution in [-0.2, 0) is 76.7 Å². The quantitative estimate of drug-likeness (QED) is 0.0268. The van der Waals surface area contributed by atoms with Gasteiger partial charge in [-0.2, -0.15) is 13.2 Å². The summed E-state index contributed by atoms with van der Waals surface area (Å²) in [6.45, 7) is 0.179. The minimum atomic E-state index is -5.08. The molecule has 1 aliphatic rings. The van der Waals surface area contributed by atoms with E-state index in [4.69, 9.17) is 31.2 Å². The molecular formula is C55H71F3N10O16S2. The van der Waals surface area contributed by atoms with Gasteiger partial charge in [0.05, 0.1) is 24.3 Å². The van der Waals surface area contributed by atoms with Crippen LogP contribution in [0.1, 0.15) is 49.8 Å². The maximum Gasteiger partial charge on any atom is 0.490 e. The van der Waals surface area contributed by atoms with Gasteiger partial charge in [0, 0.05) is 41.4 Å². The first-order valence-corrected chi connectivity index (χ1v) is 29.3. The number of halogens is 3. The molecule has 0 spiro atoms. The number of fused-ring (bicyclic) bond motifs is 1. The summed E-state index contributed by atoms with van der Waals surface area (Å²) < 4.78 is 41.4. The average Bonchev–Trinajstić information content (AvgIpc) is 3.28. The average molecular weight is 1250 g/mol. The van der Waals surface area contributed by atoms with Gasteiger partial charge in [0.15, 0.2) is 6.61 Å². The molecule has 31 heteroatoms. The number of carbonyl (C=O) groups excluding carboxylic acids is 9. The Bertz CT molecular complexity index is 2910. The van der Waals surface area contributed by atoms with E-state index in [0.717, 1.165) is 38.1 Å². The number of benzene rings is 3. The van der Waals surface area contributed by atoms with E-state index in [0.29, 0.717) is 24.0 Å². The highest BCUT2D eigenvalue weighted by Crippen LogP contribution is 2.25. The second-order valence-corrected chi connectivity index (χ2v) is 22.1. The molecule has 1 saturated heterocycles. The largest absolute Gasteiger partial charge is 0.490 e. The summed E-state index contributed by atoms with van der Waals surface area (Å²) in [6.07, 6.45) is -5.77. The van der Waals surface area contributed by atoms with Gasteiger partial charge in [0.1, 0.15) is 49.5 Å². The monoisotopic (exact) mass is 1250 g/mol. The van der Waals surface area contributed by atoms with Gasteiger partial charge in [0.25, 0.3) is 0 Å². The molecule has 1 aliphatic heterocycles. The number of aliphatic hydroxyl groups excluding tert-OH is 3. The van der Waals surface area contributed by atoms with Gasteiger partial charge in [-0.3, -0.25) is 33.6 Å². The molecule has 8 unspecified atom stereocenters. The molecule has 0 radical (unpaired) electrons. The number of nitrogens with one attached hydrogen (secondary N) is 8. The molecule has 1 fully saturated rings. The highest BCUT2D eigenvalue weighted by Gasteiger charge is 2.39.